The van der Waals surface area contributed by atoms with Gasteiger partial charge in [0.2, 0.25) is 0 Å². The molecule has 0 saturated heterocycles. The lowest BCUT2D eigenvalue weighted by molar-refractivity contribution is 0.0715. The number of fused-ring (bicyclic) bond motifs is 1. The average molecular weight is 299 g/mol. The van der Waals surface area contributed by atoms with Crippen LogP contribution in [0, 0.1) is 6.92 Å². The molecule has 0 radical (unpaired) electrons. The number of hydrogen-bond donors (Lipinski definition) is 2. The summed E-state index contributed by atoms with van der Waals surface area (Å²) in [5.41, 5.74) is 1.30. The Labute approximate surface area is 125 Å². The van der Waals surface area contributed by atoms with Crippen molar-refractivity contribution in [1.29, 1.82) is 0 Å². The Morgan fingerprint density at radius 1 is 1.27 bits per heavy atom. The van der Waals surface area contributed by atoms with Crippen LogP contribution >= 0.6 is 0 Å². The Hall–Kier alpha value is -3.02. The van der Waals surface area contributed by atoms with E-state index in [1.54, 1.807) is 31.2 Å². The summed E-state index contributed by atoms with van der Waals surface area (Å²) in [7, 11) is 1.44. The van der Waals surface area contributed by atoms with Gasteiger partial charge in [-0.15, -0.1) is 0 Å². The zero-order valence-corrected chi connectivity index (χ0v) is 12.0. The lowest BCUT2D eigenvalue weighted by Gasteiger charge is -2.05. The van der Waals surface area contributed by atoms with Crippen LogP contribution in [0.1, 0.15) is 27.2 Å². The molecule has 6 heteroatoms. The van der Waals surface area contributed by atoms with Crippen LogP contribution in [0.2, 0.25) is 0 Å². The number of phenolic OH excluding ortho intramolecular Hbond substituents is 1. The Bertz CT molecular complexity index is 863. The number of benzene rings is 1. The Kier molecular flexibility index (Phi) is 3.21. The molecular formula is C16H13NO5. The molecule has 6 nitrogen and oxygen atoms in total. The summed E-state index contributed by atoms with van der Waals surface area (Å²) in [5.74, 6) is -0.0584. The van der Waals surface area contributed by atoms with Crippen LogP contribution in [0.3, 0.4) is 0 Å². The van der Waals surface area contributed by atoms with E-state index < -0.39 is 11.5 Å². The maximum Gasteiger partial charge on any atom is 0.349 e. The molecule has 2 N–H and O–H groups in total. The van der Waals surface area contributed by atoms with Crippen molar-refractivity contribution in [3.05, 3.63) is 57.0 Å². The van der Waals surface area contributed by atoms with Crippen LogP contribution < -0.4 is 10.3 Å². The molecule has 0 saturated carbocycles. The highest BCUT2D eigenvalue weighted by molar-refractivity contribution is 6.05. The molecule has 0 atom stereocenters. The molecule has 1 aliphatic rings. The van der Waals surface area contributed by atoms with Gasteiger partial charge in [0.15, 0.2) is 11.5 Å². The number of ether oxygens (including phenoxy) is 2. The molecule has 1 aromatic heterocycles. The summed E-state index contributed by atoms with van der Waals surface area (Å²) in [4.78, 5) is 26.3. The lowest BCUT2D eigenvalue weighted by Crippen LogP contribution is -2.16. The van der Waals surface area contributed by atoms with Crippen molar-refractivity contribution in [3.8, 4) is 11.5 Å². The van der Waals surface area contributed by atoms with Gasteiger partial charge < -0.3 is 19.6 Å². The van der Waals surface area contributed by atoms with Crippen molar-refractivity contribution in [3.63, 3.8) is 0 Å². The standard InChI is InChI=1S/C16H13NO5/c1-8-5-10-12(22-16(20)14(10)15(19)17-8)6-9-3-4-11(18)13(7-9)21-2/h3-7,18H,1-2H3,(H,17,19)/b12-6-. The topological polar surface area (TPSA) is 88.6 Å². The normalized spacial score (nSPS) is 14.8. The monoisotopic (exact) mass is 299 g/mol. The number of aromatic hydroxyl groups is 1. The van der Waals surface area contributed by atoms with Crippen molar-refractivity contribution < 1.29 is 19.4 Å². The first-order valence-electron chi connectivity index (χ1n) is 6.55. The van der Waals surface area contributed by atoms with Gasteiger partial charge in [0.25, 0.3) is 5.56 Å². The number of carbonyl (C=O) groups is 1. The summed E-state index contributed by atoms with van der Waals surface area (Å²) < 4.78 is 10.2. The molecule has 1 aliphatic heterocycles. The molecular weight excluding hydrogens is 286 g/mol. The fraction of sp³-hybridized carbons (Fsp3) is 0.125. The van der Waals surface area contributed by atoms with Gasteiger partial charge in [0, 0.05) is 11.3 Å². The molecule has 0 spiro atoms. The number of carbonyl (C=O) groups excluding carboxylic acids is 1. The van der Waals surface area contributed by atoms with E-state index >= 15 is 0 Å². The van der Waals surface area contributed by atoms with Gasteiger partial charge in [0.1, 0.15) is 11.3 Å². The fourth-order valence-electron chi connectivity index (χ4n) is 2.33. The molecule has 0 unspecified atom stereocenters. The summed E-state index contributed by atoms with van der Waals surface area (Å²) in [6.45, 7) is 1.73. The van der Waals surface area contributed by atoms with Crippen LogP contribution in [0.5, 0.6) is 11.5 Å². The Morgan fingerprint density at radius 3 is 2.77 bits per heavy atom. The molecule has 2 aromatic rings. The van der Waals surface area contributed by atoms with Gasteiger partial charge in [-0.3, -0.25) is 4.79 Å². The number of aromatic nitrogens is 1. The molecule has 0 aliphatic carbocycles. The Balaban J connectivity index is 2.12. The number of aryl methyl sites for hydroxylation is 1. The number of hydrogen-bond acceptors (Lipinski definition) is 5. The summed E-state index contributed by atoms with van der Waals surface area (Å²) in [5, 5.41) is 9.59. The third-order valence-electron chi connectivity index (χ3n) is 3.34. The maximum atomic E-state index is 11.8. The molecule has 0 amide bonds. The second-order valence-electron chi connectivity index (χ2n) is 4.90. The van der Waals surface area contributed by atoms with Gasteiger partial charge >= 0.3 is 5.97 Å². The molecule has 0 fully saturated rings. The van der Waals surface area contributed by atoms with Crippen molar-refractivity contribution in [2.75, 3.05) is 7.11 Å². The van der Waals surface area contributed by atoms with E-state index in [1.165, 1.54) is 13.2 Å². The number of nitrogens with one attached hydrogen (secondary N) is 1. The van der Waals surface area contributed by atoms with E-state index in [0.29, 0.717) is 28.3 Å². The highest BCUT2D eigenvalue weighted by atomic mass is 16.5. The number of esters is 1. The highest BCUT2D eigenvalue weighted by Gasteiger charge is 2.30. The third-order valence-corrected chi connectivity index (χ3v) is 3.34. The predicted molar refractivity (Wildman–Crippen MR) is 79.7 cm³/mol. The summed E-state index contributed by atoms with van der Waals surface area (Å²) >= 11 is 0. The SMILES string of the molecule is COc1cc(/C=C2\OC(=O)c3c2cc(C)[nH]c3=O)ccc1O. The Morgan fingerprint density at radius 2 is 2.05 bits per heavy atom. The number of rotatable bonds is 2. The largest absolute Gasteiger partial charge is 0.504 e. The van der Waals surface area contributed by atoms with Crippen molar-refractivity contribution >= 4 is 17.8 Å². The molecule has 0 bridgehead atoms. The minimum atomic E-state index is -0.673. The average Bonchev–Trinajstić information content (AvgIpc) is 2.77. The maximum absolute atomic E-state index is 11.8. The zero-order valence-electron chi connectivity index (χ0n) is 12.0. The van der Waals surface area contributed by atoms with E-state index in [-0.39, 0.29) is 11.3 Å². The second kappa shape index (κ2) is 5.07. The molecule has 3 rings (SSSR count). The van der Waals surface area contributed by atoms with Crippen molar-refractivity contribution in [1.82, 2.24) is 4.98 Å². The molecule has 112 valence electrons. The van der Waals surface area contributed by atoms with E-state index in [4.69, 9.17) is 9.47 Å². The smallest absolute Gasteiger partial charge is 0.349 e. The molecule has 2 heterocycles. The number of aromatic amines is 1. The first kappa shape index (κ1) is 13.9. The number of methoxy groups -OCH3 is 1. The van der Waals surface area contributed by atoms with E-state index in [2.05, 4.69) is 4.98 Å². The quantitative estimate of drug-likeness (QED) is 0.829. The number of phenols is 1. The van der Waals surface area contributed by atoms with Crippen LogP contribution in [-0.2, 0) is 4.74 Å². The number of H-pyrrole nitrogens is 1. The molecule has 1 aromatic carbocycles. The van der Waals surface area contributed by atoms with Crippen LogP contribution in [0.25, 0.3) is 11.8 Å². The van der Waals surface area contributed by atoms with E-state index in [1.807, 2.05) is 0 Å². The van der Waals surface area contributed by atoms with Crippen molar-refractivity contribution in [2.45, 2.75) is 6.92 Å². The zero-order chi connectivity index (χ0) is 15.9. The second-order valence-corrected chi connectivity index (χ2v) is 4.90. The minimum Gasteiger partial charge on any atom is -0.504 e. The number of cyclic esters (lactones) is 1. The van der Waals surface area contributed by atoms with Gasteiger partial charge in [0.05, 0.1) is 7.11 Å². The van der Waals surface area contributed by atoms with E-state index in [9.17, 15) is 14.7 Å². The van der Waals surface area contributed by atoms with Crippen LogP contribution in [0.15, 0.2) is 29.1 Å². The predicted octanol–water partition coefficient (Wildman–Crippen LogP) is 2.07. The van der Waals surface area contributed by atoms with Gasteiger partial charge in [-0.05, 0) is 36.8 Å². The summed E-state index contributed by atoms with van der Waals surface area (Å²) in [6.07, 6.45) is 1.62. The van der Waals surface area contributed by atoms with E-state index in [0.717, 1.165) is 0 Å². The number of pyridine rings is 1. The first-order chi connectivity index (χ1) is 10.5. The lowest BCUT2D eigenvalue weighted by atomic mass is 10.1. The van der Waals surface area contributed by atoms with Gasteiger partial charge in [-0.25, -0.2) is 4.79 Å². The van der Waals surface area contributed by atoms with Crippen LogP contribution in [0.4, 0.5) is 0 Å². The van der Waals surface area contributed by atoms with Crippen LogP contribution in [-0.4, -0.2) is 23.2 Å². The minimum absolute atomic E-state index is 0.00240. The van der Waals surface area contributed by atoms with Gasteiger partial charge in [-0.1, -0.05) is 6.07 Å². The van der Waals surface area contributed by atoms with Crippen molar-refractivity contribution in [2.24, 2.45) is 0 Å². The van der Waals surface area contributed by atoms with Gasteiger partial charge in [-0.2, -0.15) is 0 Å². The summed E-state index contributed by atoms with van der Waals surface area (Å²) in [6, 6.07) is 6.42. The fourth-order valence-corrected chi connectivity index (χ4v) is 2.33. The molecule has 22 heavy (non-hydrogen) atoms. The third kappa shape index (κ3) is 2.24. The highest BCUT2D eigenvalue weighted by Crippen LogP contribution is 2.32. The first-order valence-corrected chi connectivity index (χ1v) is 6.55.